The van der Waals surface area contributed by atoms with Gasteiger partial charge in [0.05, 0.1) is 25.0 Å². The van der Waals surface area contributed by atoms with Crippen molar-refractivity contribution in [3.63, 3.8) is 0 Å². The lowest BCUT2D eigenvalue weighted by Crippen LogP contribution is -2.28. The fourth-order valence-corrected chi connectivity index (χ4v) is 2.74. The maximum atomic E-state index is 5.47. The van der Waals surface area contributed by atoms with E-state index < -0.39 is 0 Å². The molecule has 1 aromatic heterocycles. The quantitative estimate of drug-likeness (QED) is 0.810. The van der Waals surface area contributed by atoms with Crippen molar-refractivity contribution in [1.29, 1.82) is 0 Å². The lowest BCUT2D eigenvalue weighted by molar-refractivity contribution is 0.254. The molecule has 18 heavy (non-hydrogen) atoms. The molecule has 1 heterocycles. The molecule has 1 unspecified atom stereocenters. The van der Waals surface area contributed by atoms with E-state index in [1.54, 1.807) is 7.11 Å². The Balaban J connectivity index is 2.18. The zero-order valence-electron chi connectivity index (χ0n) is 11.8. The monoisotopic (exact) mass is 251 g/mol. The van der Waals surface area contributed by atoms with E-state index in [0.717, 1.165) is 24.8 Å². The van der Waals surface area contributed by atoms with Crippen LogP contribution < -0.4 is 10.1 Å². The molecule has 0 spiro atoms. The van der Waals surface area contributed by atoms with Gasteiger partial charge in [-0.15, -0.1) is 0 Å². The molecule has 1 aliphatic rings. The van der Waals surface area contributed by atoms with Crippen molar-refractivity contribution in [2.75, 3.05) is 13.7 Å². The third-order valence-electron chi connectivity index (χ3n) is 3.94. The topological polar surface area (TPSA) is 39.1 Å². The van der Waals surface area contributed by atoms with Crippen molar-refractivity contribution in [3.8, 4) is 5.75 Å². The Bertz CT molecular complexity index is 350. The van der Waals surface area contributed by atoms with Crippen LogP contribution in [0.15, 0.2) is 6.20 Å². The first-order valence-corrected chi connectivity index (χ1v) is 7.13. The Labute approximate surface area is 110 Å². The lowest BCUT2D eigenvalue weighted by Gasteiger charge is -2.30. The molecule has 1 atom stereocenters. The minimum absolute atomic E-state index is 0.373. The van der Waals surface area contributed by atoms with Crippen LogP contribution in [0, 0.1) is 5.92 Å². The number of nitrogens with one attached hydrogen (secondary N) is 1. The van der Waals surface area contributed by atoms with E-state index in [0.29, 0.717) is 6.04 Å². The summed E-state index contributed by atoms with van der Waals surface area (Å²) in [6, 6.07) is 0.373. The number of aryl methyl sites for hydroxylation is 1. The summed E-state index contributed by atoms with van der Waals surface area (Å²) in [4.78, 5) is 0. The number of ether oxygens (including phenoxy) is 1. The zero-order chi connectivity index (χ0) is 13.0. The highest BCUT2D eigenvalue weighted by molar-refractivity contribution is 5.28. The van der Waals surface area contributed by atoms with E-state index in [9.17, 15) is 0 Å². The van der Waals surface area contributed by atoms with Gasteiger partial charge in [0.1, 0.15) is 0 Å². The Morgan fingerprint density at radius 1 is 1.50 bits per heavy atom. The van der Waals surface area contributed by atoms with Crippen molar-refractivity contribution in [3.05, 3.63) is 11.9 Å². The van der Waals surface area contributed by atoms with Crippen LogP contribution >= 0.6 is 0 Å². The maximum Gasteiger partial charge on any atom is 0.161 e. The van der Waals surface area contributed by atoms with Gasteiger partial charge in [0.2, 0.25) is 0 Å². The van der Waals surface area contributed by atoms with Gasteiger partial charge >= 0.3 is 0 Å². The highest BCUT2D eigenvalue weighted by atomic mass is 16.5. The first-order chi connectivity index (χ1) is 8.80. The van der Waals surface area contributed by atoms with E-state index in [-0.39, 0.29) is 0 Å². The lowest BCUT2D eigenvalue weighted by atomic mass is 9.80. The van der Waals surface area contributed by atoms with Gasteiger partial charge < -0.3 is 10.1 Å². The van der Waals surface area contributed by atoms with Crippen molar-refractivity contribution in [2.45, 2.75) is 52.1 Å². The summed E-state index contributed by atoms with van der Waals surface area (Å²) in [6.07, 6.45) is 7.20. The van der Waals surface area contributed by atoms with Crippen molar-refractivity contribution in [2.24, 2.45) is 5.92 Å². The van der Waals surface area contributed by atoms with Crippen LogP contribution in [0.3, 0.4) is 0 Å². The fraction of sp³-hybridized carbons (Fsp3) is 0.786. The standard InChI is InChI=1S/C14H25N3O/c1-4-15-12(9-11-7-6-8-11)14-13(18-3)10-16-17(14)5-2/h10-12,15H,4-9H2,1-3H3. The van der Waals surface area contributed by atoms with Crippen LogP contribution in [-0.2, 0) is 6.54 Å². The largest absolute Gasteiger partial charge is 0.493 e. The maximum absolute atomic E-state index is 5.47. The number of aromatic nitrogens is 2. The average Bonchev–Trinajstić information content (AvgIpc) is 2.74. The van der Waals surface area contributed by atoms with Crippen molar-refractivity contribution >= 4 is 0 Å². The second-order valence-electron chi connectivity index (χ2n) is 5.06. The minimum atomic E-state index is 0.373. The molecule has 0 radical (unpaired) electrons. The van der Waals surface area contributed by atoms with Gasteiger partial charge in [-0.2, -0.15) is 5.10 Å². The Morgan fingerprint density at radius 3 is 2.78 bits per heavy atom. The first kappa shape index (κ1) is 13.4. The molecule has 4 nitrogen and oxygen atoms in total. The van der Waals surface area contributed by atoms with Crippen LogP contribution in [0.5, 0.6) is 5.75 Å². The van der Waals surface area contributed by atoms with E-state index in [4.69, 9.17) is 4.74 Å². The van der Waals surface area contributed by atoms with Gasteiger partial charge in [0.15, 0.2) is 5.75 Å². The summed E-state index contributed by atoms with van der Waals surface area (Å²) in [7, 11) is 1.73. The highest BCUT2D eigenvalue weighted by Gasteiger charge is 2.27. The number of rotatable bonds is 7. The van der Waals surface area contributed by atoms with Crippen LogP contribution in [0.25, 0.3) is 0 Å². The van der Waals surface area contributed by atoms with Gasteiger partial charge in [-0.05, 0) is 25.8 Å². The molecule has 0 aliphatic heterocycles. The van der Waals surface area contributed by atoms with Gasteiger partial charge in [-0.3, -0.25) is 4.68 Å². The summed E-state index contributed by atoms with van der Waals surface area (Å²) in [5.74, 6) is 1.79. The third kappa shape index (κ3) is 2.69. The van der Waals surface area contributed by atoms with Crippen LogP contribution in [0.2, 0.25) is 0 Å². The normalized spacial score (nSPS) is 17.5. The molecule has 0 bridgehead atoms. The summed E-state index contributed by atoms with van der Waals surface area (Å²) in [5.41, 5.74) is 1.22. The molecular formula is C14H25N3O. The summed E-state index contributed by atoms with van der Waals surface area (Å²) in [5, 5.41) is 8.00. The molecule has 1 fully saturated rings. The van der Waals surface area contributed by atoms with Crippen molar-refractivity contribution < 1.29 is 4.74 Å². The van der Waals surface area contributed by atoms with E-state index in [1.807, 2.05) is 6.20 Å². The first-order valence-electron chi connectivity index (χ1n) is 7.13. The Morgan fingerprint density at radius 2 is 2.28 bits per heavy atom. The van der Waals surface area contributed by atoms with Crippen LogP contribution in [-0.4, -0.2) is 23.4 Å². The average molecular weight is 251 g/mol. The fourth-order valence-electron chi connectivity index (χ4n) is 2.74. The molecule has 1 aliphatic carbocycles. The van der Waals surface area contributed by atoms with Crippen LogP contribution in [0.4, 0.5) is 0 Å². The van der Waals surface area contributed by atoms with E-state index in [2.05, 4.69) is 28.9 Å². The second-order valence-corrected chi connectivity index (χ2v) is 5.06. The summed E-state index contributed by atoms with van der Waals surface area (Å²) < 4.78 is 7.53. The number of nitrogens with zero attached hydrogens (tertiary/aromatic N) is 2. The van der Waals surface area contributed by atoms with E-state index in [1.165, 1.54) is 31.4 Å². The minimum Gasteiger partial charge on any atom is -0.493 e. The molecule has 1 aromatic rings. The summed E-state index contributed by atoms with van der Waals surface area (Å²) in [6.45, 7) is 6.16. The zero-order valence-corrected chi connectivity index (χ0v) is 11.8. The number of methoxy groups -OCH3 is 1. The molecule has 0 amide bonds. The molecule has 1 N–H and O–H groups in total. The van der Waals surface area contributed by atoms with Gasteiger partial charge in [-0.25, -0.2) is 0 Å². The molecule has 4 heteroatoms. The molecule has 0 saturated heterocycles. The predicted octanol–water partition coefficient (Wildman–Crippen LogP) is 2.75. The highest BCUT2D eigenvalue weighted by Crippen LogP contribution is 2.37. The SMILES string of the molecule is CCNC(CC1CCC1)c1c(OC)cnn1CC. The molecule has 1 saturated carbocycles. The Hall–Kier alpha value is -1.03. The molecule has 2 rings (SSSR count). The molecular weight excluding hydrogens is 226 g/mol. The van der Waals surface area contributed by atoms with Gasteiger partial charge in [-0.1, -0.05) is 26.2 Å². The number of hydrogen-bond donors (Lipinski definition) is 1. The smallest absolute Gasteiger partial charge is 0.161 e. The van der Waals surface area contributed by atoms with Gasteiger partial charge in [0, 0.05) is 6.54 Å². The predicted molar refractivity (Wildman–Crippen MR) is 72.8 cm³/mol. The van der Waals surface area contributed by atoms with Crippen molar-refractivity contribution in [1.82, 2.24) is 15.1 Å². The van der Waals surface area contributed by atoms with Crippen LogP contribution in [0.1, 0.15) is 51.3 Å². The summed E-state index contributed by atoms with van der Waals surface area (Å²) >= 11 is 0. The second kappa shape index (κ2) is 6.23. The Kier molecular flexibility index (Phi) is 4.64. The number of hydrogen-bond acceptors (Lipinski definition) is 3. The molecule has 102 valence electrons. The third-order valence-corrected chi connectivity index (χ3v) is 3.94. The van der Waals surface area contributed by atoms with Gasteiger partial charge in [0.25, 0.3) is 0 Å². The van der Waals surface area contributed by atoms with E-state index >= 15 is 0 Å². The molecule has 0 aromatic carbocycles.